The van der Waals surface area contributed by atoms with Gasteiger partial charge in [-0.25, -0.2) is 4.79 Å². The van der Waals surface area contributed by atoms with E-state index in [2.05, 4.69) is 17.7 Å². The first-order valence-electron chi connectivity index (χ1n) is 10.6. The van der Waals surface area contributed by atoms with E-state index in [1.807, 2.05) is 18.2 Å². The number of hydrogen-bond acceptors (Lipinski definition) is 6. The highest BCUT2D eigenvalue weighted by atomic mass is 16.6. The van der Waals surface area contributed by atoms with Crippen LogP contribution < -0.4 is 0 Å². The molecule has 0 aromatic rings. The number of hydrogen-bond donors (Lipinski definition) is 1. The molecule has 164 valence electrons. The molecule has 7 nitrogen and oxygen atoms in total. The number of Topliss-reactive ketones (excluding diaryl/α,β-unsaturated/α-hetero) is 1. The minimum absolute atomic E-state index is 0.0803. The summed E-state index contributed by atoms with van der Waals surface area (Å²) >= 11 is 0. The zero-order chi connectivity index (χ0) is 21.6. The van der Waals surface area contributed by atoms with Crippen LogP contribution >= 0.6 is 0 Å². The largest absolute Gasteiger partial charge is 0.467 e. The van der Waals surface area contributed by atoms with Gasteiger partial charge in [-0.15, -0.1) is 0 Å². The van der Waals surface area contributed by atoms with Gasteiger partial charge in [0.1, 0.15) is 5.78 Å². The third-order valence-corrected chi connectivity index (χ3v) is 5.49. The van der Waals surface area contributed by atoms with E-state index in [0.29, 0.717) is 12.8 Å². The van der Waals surface area contributed by atoms with Gasteiger partial charge in [-0.1, -0.05) is 50.5 Å². The molecule has 1 N–H and O–H groups in total. The molecule has 0 amide bonds. The Hall–Kier alpha value is -2.02. The van der Waals surface area contributed by atoms with Gasteiger partial charge in [-0.2, -0.15) is 0 Å². The standard InChI is InChI=1S/C22H35NO6/c1-3-4-5-6-7-9-12-18-17(16-23(27)28)15-21(25)19(18)13-10-8-11-14-20(24)22(26)29-2/h8-10,12,17-20,24H,3-7,11,13-16H2,1-2H3/b10-8-,12-9+/t17-,18-,19+,20?/m0/s1. The summed E-state index contributed by atoms with van der Waals surface area (Å²) in [6, 6.07) is 0. The SMILES string of the molecule is CCCCCC/C=C/[C@H]1[C@H](C[N+](=O)[O-])CC(=O)[C@@H]1C/C=C\CCC(O)C(=O)OC. The van der Waals surface area contributed by atoms with Crippen LogP contribution in [-0.2, 0) is 14.3 Å². The minimum Gasteiger partial charge on any atom is -0.467 e. The molecule has 1 fully saturated rings. The smallest absolute Gasteiger partial charge is 0.334 e. The summed E-state index contributed by atoms with van der Waals surface area (Å²) in [5, 5.41) is 20.6. The number of esters is 1. The predicted octanol–water partition coefficient (Wildman–Crippen LogP) is 3.87. The van der Waals surface area contributed by atoms with Crippen LogP contribution in [0.4, 0.5) is 0 Å². The van der Waals surface area contributed by atoms with Gasteiger partial charge in [0.2, 0.25) is 6.54 Å². The molecular formula is C22H35NO6. The van der Waals surface area contributed by atoms with Crippen molar-refractivity contribution in [1.29, 1.82) is 0 Å². The molecule has 1 saturated carbocycles. The zero-order valence-corrected chi connectivity index (χ0v) is 17.6. The number of aliphatic hydroxyl groups is 1. The van der Waals surface area contributed by atoms with Crippen molar-refractivity contribution >= 4 is 11.8 Å². The summed E-state index contributed by atoms with van der Waals surface area (Å²) in [6.07, 6.45) is 13.8. The topological polar surface area (TPSA) is 107 Å². The lowest BCUT2D eigenvalue weighted by Gasteiger charge is -2.17. The molecule has 7 heteroatoms. The van der Waals surface area contributed by atoms with Gasteiger partial charge in [-0.05, 0) is 38.0 Å². The van der Waals surface area contributed by atoms with Crippen molar-refractivity contribution in [1.82, 2.24) is 0 Å². The van der Waals surface area contributed by atoms with Crippen molar-refractivity contribution in [3.8, 4) is 0 Å². The third kappa shape index (κ3) is 9.35. The zero-order valence-electron chi connectivity index (χ0n) is 17.6. The van der Waals surface area contributed by atoms with Crippen molar-refractivity contribution in [2.24, 2.45) is 17.8 Å². The summed E-state index contributed by atoms with van der Waals surface area (Å²) < 4.78 is 4.47. The molecule has 0 aliphatic heterocycles. The summed E-state index contributed by atoms with van der Waals surface area (Å²) in [7, 11) is 1.23. The highest BCUT2D eigenvalue weighted by Gasteiger charge is 2.42. The molecule has 1 unspecified atom stereocenters. The second-order valence-corrected chi connectivity index (χ2v) is 7.73. The second kappa shape index (κ2) is 14.0. The fourth-order valence-corrected chi connectivity index (χ4v) is 3.86. The van der Waals surface area contributed by atoms with Gasteiger partial charge in [0.05, 0.1) is 7.11 Å². The van der Waals surface area contributed by atoms with Gasteiger partial charge in [0.15, 0.2) is 6.10 Å². The fraction of sp³-hybridized carbons (Fsp3) is 0.727. The number of unbranched alkanes of at least 4 members (excludes halogenated alkanes) is 4. The number of carbonyl (C=O) groups excluding carboxylic acids is 2. The van der Waals surface area contributed by atoms with Crippen molar-refractivity contribution in [2.75, 3.05) is 13.7 Å². The predicted molar refractivity (Wildman–Crippen MR) is 111 cm³/mol. The number of nitro groups is 1. The average molecular weight is 410 g/mol. The van der Waals surface area contributed by atoms with E-state index < -0.39 is 12.1 Å². The monoisotopic (exact) mass is 409 g/mol. The Morgan fingerprint density at radius 3 is 2.69 bits per heavy atom. The number of rotatable bonds is 14. The molecule has 29 heavy (non-hydrogen) atoms. The number of carbonyl (C=O) groups is 2. The molecule has 0 spiro atoms. The molecule has 1 aliphatic carbocycles. The van der Waals surface area contributed by atoms with Gasteiger partial charge in [0, 0.05) is 23.2 Å². The molecule has 0 aromatic carbocycles. The first-order chi connectivity index (χ1) is 13.9. The van der Waals surface area contributed by atoms with E-state index in [-0.39, 0.29) is 47.8 Å². The molecular weight excluding hydrogens is 374 g/mol. The summed E-state index contributed by atoms with van der Waals surface area (Å²) in [5.74, 6) is -1.17. The number of methoxy groups -OCH3 is 1. The van der Waals surface area contributed by atoms with Gasteiger partial charge in [0.25, 0.3) is 0 Å². The lowest BCUT2D eigenvalue weighted by molar-refractivity contribution is -0.489. The maximum Gasteiger partial charge on any atom is 0.334 e. The lowest BCUT2D eigenvalue weighted by Crippen LogP contribution is -2.21. The van der Waals surface area contributed by atoms with Crippen LogP contribution in [0.2, 0.25) is 0 Å². The quantitative estimate of drug-likeness (QED) is 0.153. The summed E-state index contributed by atoms with van der Waals surface area (Å²) in [4.78, 5) is 34.3. The van der Waals surface area contributed by atoms with Gasteiger partial charge >= 0.3 is 5.97 Å². The van der Waals surface area contributed by atoms with Crippen LogP contribution in [0.3, 0.4) is 0 Å². The Morgan fingerprint density at radius 2 is 2.03 bits per heavy atom. The Labute approximate surface area is 173 Å². The molecule has 1 rings (SSSR count). The van der Waals surface area contributed by atoms with Crippen LogP contribution in [0, 0.1) is 27.9 Å². The molecule has 4 atom stereocenters. The highest BCUT2D eigenvalue weighted by molar-refractivity contribution is 5.84. The first kappa shape index (κ1) is 25.0. The normalized spacial score (nSPS) is 23.1. The van der Waals surface area contributed by atoms with Crippen molar-refractivity contribution in [3.63, 3.8) is 0 Å². The van der Waals surface area contributed by atoms with Gasteiger partial charge < -0.3 is 9.84 Å². The van der Waals surface area contributed by atoms with E-state index >= 15 is 0 Å². The van der Waals surface area contributed by atoms with Crippen LogP contribution in [0.5, 0.6) is 0 Å². The Balaban J connectivity index is 2.61. The molecule has 0 bridgehead atoms. The van der Waals surface area contributed by atoms with E-state index in [9.17, 15) is 24.8 Å². The fourth-order valence-electron chi connectivity index (χ4n) is 3.86. The lowest BCUT2D eigenvalue weighted by atomic mass is 9.86. The maximum atomic E-state index is 12.5. The minimum atomic E-state index is -1.15. The molecule has 0 aromatic heterocycles. The first-order valence-corrected chi connectivity index (χ1v) is 10.6. The Bertz CT molecular complexity index is 586. The Morgan fingerprint density at radius 1 is 1.28 bits per heavy atom. The second-order valence-electron chi connectivity index (χ2n) is 7.73. The van der Waals surface area contributed by atoms with Crippen molar-refractivity contribution < 1.29 is 24.4 Å². The summed E-state index contributed by atoms with van der Waals surface area (Å²) in [6.45, 7) is 1.98. The van der Waals surface area contributed by atoms with E-state index in [0.717, 1.165) is 12.8 Å². The number of aliphatic hydroxyl groups excluding tert-OH is 1. The van der Waals surface area contributed by atoms with Gasteiger partial charge in [-0.3, -0.25) is 14.9 Å². The maximum absolute atomic E-state index is 12.5. The molecule has 0 saturated heterocycles. The third-order valence-electron chi connectivity index (χ3n) is 5.49. The number of ether oxygens (including phenoxy) is 1. The van der Waals surface area contributed by atoms with Crippen LogP contribution in [0.1, 0.15) is 64.7 Å². The molecule has 1 aliphatic rings. The van der Waals surface area contributed by atoms with E-state index in [1.165, 1.54) is 26.4 Å². The number of allylic oxidation sites excluding steroid dienone is 4. The van der Waals surface area contributed by atoms with Crippen molar-refractivity contribution in [3.05, 3.63) is 34.4 Å². The average Bonchev–Trinajstić information content (AvgIpc) is 2.97. The summed E-state index contributed by atoms with van der Waals surface area (Å²) in [5.41, 5.74) is 0. The van der Waals surface area contributed by atoms with E-state index in [4.69, 9.17) is 0 Å². The van der Waals surface area contributed by atoms with Crippen LogP contribution in [-0.4, -0.2) is 41.5 Å². The van der Waals surface area contributed by atoms with Crippen LogP contribution in [0.25, 0.3) is 0 Å². The number of ketones is 1. The van der Waals surface area contributed by atoms with E-state index in [1.54, 1.807) is 0 Å². The van der Waals surface area contributed by atoms with Crippen molar-refractivity contribution in [2.45, 2.75) is 70.8 Å². The van der Waals surface area contributed by atoms with Crippen LogP contribution in [0.15, 0.2) is 24.3 Å². The number of nitrogens with zero attached hydrogens (tertiary/aromatic N) is 1. The Kier molecular flexibility index (Phi) is 12.1. The highest BCUT2D eigenvalue weighted by Crippen LogP contribution is 2.38. The molecule has 0 heterocycles. The molecule has 0 radical (unpaired) electrons.